The van der Waals surface area contributed by atoms with E-state index in [4.69, 9.17) is 23.7 Å². The summed E-state index contributed by atoms with van der Waals surface area (Å²) >= 11 is 0. The zero-order valence-electron chi connectivity index (χ0n) is 17.3. The normalized spacial score (nSPS) is 11.1. The second kappa shape index (κ2) is 11.1. The van der Waals surface area contributed by atoms with E-state index in [2.05, 4.69) is 4.99 Å². The summed E-state index contributed by atoms with van der Waals surface area (Å²) in [4.78, 5) is 4.65. The van der Waals surface area contributed by atoms with Gasteiger partial charge in [0.1, 0.15) is 0 Å². The van der Waals surface area contributed by atoms with Crippen LogP contribution in [0.4, 0.5) is 0 Å². The van der Waals surface area contributed by atoms with E-state index in [9.17, 15) is 0 Å². The maximum atomic E-state index is 5.73. The third-order valence-electron chi connectivity index (χ3n) is 4.25. The Balaban J connectivity index is 2.06. The molecular weight excluding hydrogens is 358 g/mol. The highest BCUT2D eigenvalue weighted by Gasteiger charge is 2.09. The lowest BCUT2D eigenvalue weighted by Crippen LogP contribution is -2.10. The molecular formula is C22H29NO5. The number of hydrogen-bond donors (Lipinski definition) is 0. The molecule has 0 N–H and O–H groups in total. The summed E-state index contributed by atoms with van der Waals surface area (Å²) in [6.07, 6.45) is 1.38. The van der Waals surface area contributed by atoms with Gasteiger partial charge in [-0.25, -0.2) is 0 Å². The summed E-state index contributed by atoms with van der Waals surface area (Å²) in [6.45, 7) is 3.15. The van der Waals surface area contributed by atoms with Crippen LogP contribution in [0.15, 0.2) is 41.4 Å². The van der Waals surface area contributed by atoms with Gasteiger partial charge in [0.05, 0.1) is 35.0 Å². The van der Waals surface area contributed by atoms with E-state index < -0.39 is 0 Å². The minimum absolute atomic E-state index is 0.572. The van der Waals surface area contributed by atoms with Crippen LogP contribution < -0.4 is 18.9 Å². The molecule has 0 aliphatic carbocycles. The Hall–Kier alpha value is -2.89. The summed E-state index contributed by atoms with van der Waals surface area (Å²) in [5.74, 6) is 3.54. The minimum atomic E-state index is 0.572. The molecule has 0 fully saturated rings. The van der Waals surface area contributed by atoms with Gasteiger partial charge in [0.2, 0.25) is 0 Å². The van der Waals surface area contributed by atoms with Crippen LogP contribution >= 0.6 is 0 Å². The van der Waals surface area contributed by atoms with Gasteiger partial charge in [-0.3, -0.25) is 4.99 Å². The van der Waals surface area contributed by atoms with Crippen molar-refractivity contribution in [3.05, 3.63) is 47.5 Å². The largest absolute Gasteiger partial charge is 0.493 e. The standard InChI is InChI=1S/C22H29NO5/c1-6-28-22(15-17-8-10-19(25-3)21(14-17)27-5)23-12-11-16-7-9-18(24-2)20(13-16)26-4/h7-10,13-14H,6,11-12,15H2,1-5H3. The minimum Gasteiger partial charge on any atom is -0.493 e. The summed E-state index contributed by atoms with van der Waals surface area (Å²) in [5.41, 5.74) is 2.18. The Labute approximate surface area is 167 Å². The number of aliphatic imine (C=N–C) groups is 1. The zero-order valence-corrected chi connectivity index (χ0v) is 17.3. The fourth-order valence-electron chi connectivity index (χ4n) is 2.83. The molecule has 0 aliphatic heterocycles. The van der Waals surface area contributed by atoms with Crippen LogP contribution in [-0.2, 0) is 17.6 Å². The lowest BCUT2D eigenvalue weighted by atomic mass is 10.1. The fourth-order valence-corrected chi connectivity index (χ4v) is 2.83. The molecule has 0 heterocycles. The Morgan fingerprint density at radius 1 is 0.750 bits per heavy atom. The third kappa shape index (κ3) is 5.81. The third-order valence-corrected chi connectivity index (χ3v) is 4.25. The van der Waals surface area contributed by atoms with Gasteiger partial charge in [-0.1, -0.05) is 12.1 Å². The molecule has 0 aliphatic rings. The second-order valence-corrected chi connectivity index (χ2v) is 6.01. The predicted octanol–water partition coefficient (Wildman–Crippen LogP) is 3.94. The number of benzene rings is 2. The first kappa shape index (κ1) is 21.4. The number of nitrogens with zero attached hydrogens (tertiary/aromatic N) is 1. The van der Waals surface area contributed by atoms with Crippen molar-refractivity contribution in [1.29, 1.82) is 0 Å². The van der Waals surface area contributed by atoms with Crippen LogP contribution in [0.25, 0.3) is 0 Å². The molecule has 2 rings (SSSR count). The quantitative estimate of drug-likeness (QED) is 0.456. The van der Waals surface area contributed by atoms with Crippen LogP contribution in [0, 0.1) is 0 Å². The Kier molecular flexibility index (Phi) is 8.46. The molecule has 0 unspecified atom stereocenters. The van der Waals surface area contributed by atoms with Crippen molar-refractivity contribution in [2.45, 2.75) is 19.8 Å². The summed E-state index contributed by atoms with van der Waals surface area (Å²) in [6, 6.07) is 11.7. The molecule has 0 saturated carbocycles. The molecule has 0 amide bonds. The van der Waals surface area contributed by atoms with Crippen LogP contribution in [0.2, 0.25) is 0 Å². The molecule has 6 nitrogen and oxygen atoms in total. The molecule has 0 aromatic heterocycles. The number of hydrogen-bond acceptors (Lipinski definition) is 6. The smallest absolute Gasteiger partial charge is 0.187 e. The predicted molar refractivity (Wildman–Crippen MR) is 110 cm³/mol. The van der Waals surface area contributed by atoms with E-state index in [1.807, 2.05) is 43.3 Å². The van der Waals surface area contributed by atoms with Crippen LogP contribution in [0.5, 0.6) is 23.0 Å². The van der Waals surface area contributed by atoms with Gasteiger partial charge in [-0.2, -0.15) is 0 Å². The van der Waals surface area contributed by atoms with Crippen molar-refractivity contribution in [1.82, 2.24) is 0 Å². The van der Waals surface area contributed by atoms with Gasteiger partial charge in [-0.15, -0.1) is 0 Å². The van der Waals surface area contributed by atoms with Gasteiger partial charge < -0.3 is 23.7 Å². The van der Waals surface area contributed by atoms with E-state index in [0.717, 1.165) is 29.0 Å². The van der Waals surface area contributed by atoms with Crippen molar-refractivity contribution >= 4 is 5.90 Å². The van der Waals surface area contributed by atoms with Gasteiger partial charge in [-0.05, 0) is 48.7 Å². The highest BCUT2D eigenvalue weighted by atomic mass is 16.5. The number of ether oxygens (including phenoxy) is 5. The average Bonchev–Trinajstić information content (AvgIpc) is 2.73. The van der Waals surface area contributed by atoms with Gasteiger partial charge in [0.15, 0.2) is 28.9 Å². The van der Waals surface area contributed by atoms with Gasteiger partial charge >= 0.3 is 0 Å². The van der Waals surface area contributed by atoms with E-state index in [-0.39, 0.29) is 0 Å². The Bertz CT molecular complexity index is 788. The van der Waals surface area contributed by atoms with E-state index in [1.54, 1.807) is 28.4 Å². The van der Waals surface area contributed by atoms with Crippen LogP contribution in [0.1, 0.15) is 18.1 Å². The number of rotatable bonds is 10. The molecule has 0 spiro atoms. The second-order valence-electron chi connectivity index (χ2n) is 6.01. The molecule has 0 atom stereocenters. The topological polar surface area (TPSA) is 58.5 Å². The molecule has 0 saturated heterocycles. The lowest BCUT2D eigenvalue weighted by Gasteiger charge is -2.12. The summed E-state index contributed by atoms with van der Waals surface area (Å²) < 4.78 is 27.0. The maximum Gasteiger partial charge on any atom is 0.187 e. The Morgan fingerprint density at radius 3 is 1.82 bits per heavy atom. The first-order chi connectivity index (χ1) is 13.6. The van der Waals surface area contributed by atoms with Crippen LogP contribution in [-0.4, -0.2) is 47.5 Å². The molecule has 0 bridgehead atoms. The van der Waals surface area contributed by atoms with E-state index >= 15 is 0 Å². The van der Waals surface area contributed by atoms with Crippen molar-refractivity contribution in [3.8, 4) is 23.0 Å². The van der Waals surface area contributed by atoms with Crippen molar-refractivity contribution in [2.24, 2.45) is 4.99 Å². The molecule has 152 valence electrons. The SMILES string of the molecule is CCOC(Cc1ccc(OC)c(OC)c1)=NCCc1ccc(OC)c(OC)c1. The molecule has 2 aromatic carbocycles. The average molecular weight is 387 g/mol. The zero-order chi connectivity index (χ0) is 20.4. The van der Waals surface area contributed by atoms with Crippen LogP contribution in [0.3, 0.4) is 0 Å². The van der Waals surface area contributed by atoms with Crippen molar-refractivity contribution < 1.29 is 23.7 Å². The lowest BCUT2D eigenvalue weighted by molar-refractivity contribution is 0.318. The fraction of sp³-hybridized carbons (Fsp3) is 0.409. The monoisotopic (exact) mass is 387 g/mol. The summed E-state index contributed by atoms with van der Waals surface area (Å²) in [7, 11) is 6.52. The Morgan fingerprint density at radius 2 is 1.29 bits per heavy atom. The number of methoxy groups -OCH3 is 4. The molecule has 2 aromatic rings. The molecule has 0 radical (unpaired) electrons. The van der Waals surface area contributed by atoms with Gasteiger partial charge in [0.25, 0.3) is 0 Å². The first-order valence-corrected chi connectivity index (χ1v) is 9.23. The van der Waals surface area contributed by atoms with Gasteiger partial charge in [0, 0.05) is 13.0 Å². The van der Waals surface area contributed by atoms with E-state index in [0.29, 0.717) is 37.0 Å². The highest BCUT2D eigenvalue weighted by Crippen LogP contribution is 2.28. The first-order valence-electron chi connectivity index (χ1n) is 9.23. The molecule has 28 heavy (non-hydrogen) atoms. The highest BCUT2D eigenvalue weighted by molar-refractivity contribution is 5.79. The summed E-state index contributed by atoms with van der Waals surface area (Å²) in [5, 5.41) is 0. The van der Waals surface area contributed by atoms with E-state index in [1.165, 1.54) is 0 Å². The van der Waals surface area contributed by atoms with Crippen molar-refractivity contribution in [3.63, 3.8) is 0 Å². The molecule has 6 heteroatoms. The van der Waals surface area contributed by atoms with Crippen molar-refractivity contribution in [2.75, 3.05) is 41.6 Å². The maximum absolute atomic E-state index is 5.73.